The van der Waals surface area contributed by atoms with Gasteiger partial charge in [0, 0.05) is 16.5 Å². The van der Waals surface area contributed by atoms with Crippen LogP contribution in [-0.4, -0.2) is 11.7 Å². The van der Waals surface area contributed by atoms with Gasteiger partial charge in [0.15, 0.2) is 5.84 Å². The number of benzene rings is 2. The van der Waals surface area contributed by atoms with Crippen LogP contribution in [0.15, 0.2) is 35.3 Å². The van der Waals surface area contributed by atoms with Gasteiger partial charge in [-0.15, -0.1) is 0 Å². The third-order valence-corrected chi connectivity index (χ3v) is 2.73. The number of hydrogen-bond donors (Lipinski definition) is 2. The maximum Gasteiger partial charge on any atom is 0.154 e. The molecule has 78 valence electrons. The molecule has 3 nitrogen and oxygen atoms in total. The first kappa shape index (κ1) is 9.03. The molecule has 0 spiro atoms. The summed E-state index contributed by atoms with van der Waals surface area (Å²) in [7, 11) is 0. The largest absolute Gasteiger partial charge is 0.383 e. The monoisotopic (exact) mass is 213 g/mol. The Morgan fingerprint density at radius 3 is 2.81 bits per heavy atom. The minimum atomic E-state index is -0.286. The van der Waals surface area contributed by atoms with Gasteiger partial charge in [0.05, 0.1) is 0 Å². The van der Waals surface area contributed by atoms with Crippen molar-refractivity contribution in [3.8, 4) is 0 Å². The average molecular weight is 213 g/mol. The summed E-state index contributed by atoms with van der Waals surface area (Å²) in [5.74, 6) is 0.135. The van der Waals surface area contributed by atoms with Gasteiger partial charge in [0.25, 0.3) is 0 Å². The summed E-state index contributed by atoms with van der Waals surface area (Å²) in [6, 6.07) is 8.26. The molecule has 2 aromatic rings. The Kier molecular flexibility index (Phi) is 1.63. The van der Waals surface area contributed by atoms with Gasteiger partial charge in [-0.05, 0) is 23.6 Å². The van der Waals surface area contributed by atoms with Gasteiger partial charge >= 0.3 is 0 Å². The number of nitrogens with two attached hydrogens (primary N) is 1. The fourth-order valence-electron chi connectivity index (χ4n) is 1.94. The zero-order valence-electron chi connectivity index (χ0n) is 8.29. The van der Waals surface area contributed by atoms with Crippen LogP contribution in [0.3, 0.4) is 0 Å². The molecule has 0 aliphatic carbocycles. The fourth-order valence-corrected chi connectivity index (χ4v) is 1.94. The molecule has 16 heavy (non-hydrogen) atoms. The Labute approximate surface area is 90.9 Å². The van der Waals surface area contributed by atoms with Gasteiger partial charge in [-0.2, -0.15) is 0 Å². The minimum Gasteiger partial charge on any atom is -0.383 e. The molecule has 4 heteroatoms. The van der Waals surface area contributed by atoms with E-state index in [0.29, 0.717) is 16.5 Å². The molecule has 3 rings (SSSR count). The Bertz CT molecular complexity index is 659. The second kappa shape index (κ2) is 2.88. The van der Waals surface area contributed by atoms with Crippen LogP contribution in [0.2, 0.25) is 0 Å². The molecule has 0 fully saturated rings. The number of halogens is 1. The molecule has 0 bridgehead atoms. The van der Waals surface area contributed by atoms with Crippen LogP contribution in [0.5, 0.6) is 0 Å². The highest BCUT2D eigenvalue weighted by Gasteiger charge is 2.19. The van der Waals surface area contributed by atoms with Gasteiger partial charge in [0.1, 0.15) is 11.7 Å². The second-order valence-corrected chi connectivity index (χ2v) is 3.70. The molecule has 3 N–H and O–H groups in total. The lowest BCUT2D eigenvalue weighted by molar-refractivity contribution is 0.640. The average Bonchev–Trinajstić information content (AvgIpc) is 2.53. The first-order chi connectivity index (χ1) is 7.66. The molecule has 0 unspecified atom stereocenters. The van der Waals surface area contributed by atoms with Crippen molar-refractivity contribution in [2.75, 3.05) is 0 Å². The van der Waals surface area contributed by atoms with Crippen molar-refractivity contribution in [2.24, 2.45) is 10.7 Å². The van der Waals surface area contributed by atoms with E-state index < -0.39 is 0 Å². The van der Waals surface area contributed by atoms with Gasteiger partial charge in [-0.1, -0.05) is 12.1 Å². The van der Waals surface area contributed by atoms with E-state index in [0.717, 1.165) is 5.39 Å². The second-order valence-electron chi connectivity index (χ2n) is 3.70. The SMILES string of the molecule is N=C1N=C(N)c2cc3c(F)cccc3cc21. The molecule has 1 aliphatic heterocycles. The van der Waals surface area contributed by atoms with Crippen molar-refractivity contribution in [3.63, 3.8) is 0 Å². The number of fused-ring (bicyclic) bond motifs is 2. The highest BCUT2D eigenvalue weighted by molar-refractivity contribution is 6.22. The number of aliphatic imine (C=N–C) groups is 1. The molecule has 0 amide bonds. The van der Waals surface area contributed by atoms with E-state index >= 15 is 0 Å². The maximum atomic E-state index is 13.5. The normalized spacial score (nSPS) is 14.1. The van der Waals surface area contributed by atoms with Crippen LogP contribution >= 0.6 is 0 Å². The topological polar surface area (TPSA) is 62.2 Å². The van der Waals surface area contributed by atoms with Crippen LogP contribution in [-0.2, 0) is 0 Å². The van der Waals surface area contributed by atoms with E-state index in [-0.39, 0.29) is 17.5 Å². The van der Waals surface area contributed by atoms with Crippen molar-refractivity contribution in [2.45, 2.75) is 0 Å². The summed E-state index contributed by atoms with van der Waals surface area (Å²) in [4.78, 5) is 3.86. The van der Waals surface area contributed by atoms with E-state index in [2.05, 4.69) is 4.99 Å². The predicted molar refractivity (Wildman–Crippen MR) is 61.5 cm³/mol. The standard InChI is InChI=1S/C12H8FN3/c13-10-3-1-2-6-4-8-9(5-7(6)10)12(15)16-11(8)14/h1-5H,(H3,14,15,16). The number of amidine groups is 2. The van der Waals surface area contributed by atoms with Crippen LogP contribution < -0.4 is 5.73 Å². The Morgan fingerprint density at radius 1 is 1.19 bits per heavy atom. The molecule has 1 aliphatic rings. The van der Waals surface area contributed by atoms with Crippen LogP contribution in [0.25, 0.3) is 10.8 Å². The van der Waals surface area contributed by atoms with Gasteiger partial charge in [-0.3, -0.25) is 5.41 Å². The van der Waals surface area contributed by atoms with E-state index in [1.807, 2.05) is 0 Å². The maximum absolute atomic E-state index is 13.5. The highest BCUT2D eigenvalue weighted by Crippen LogP contribution is 2.25. The molecule has 1 heterocycles. The van der Waals surface area contributed by atoms with E-state index in [4.69, 9.17) is 11.1 Å². The van der Waals surface area contributed by atoms with Crippen LogP contribution in [0, 0.1) is 11.2 Å². The zero-order valence-corrected chi connectivity index (χ0v) is 8.29. The van der Waals surface area contributed by atoms with E-state index in [1.54, 1.807) is 24.3 Å². The third-order valence-electron chi connectivity index (χ3n) is 2.73. The Balaban J connectivity index is 2.43. The molecular weight excluding hydrogens is 205 g/mol. The molecule has 0 saturated carbocycles. The summed E-state index contributed by atoms with van der Waals surface area (Å²) in [6.07, 6.45) is 0. The number of rotatable bonds is 0. The quantitative estimate of drug-likeness (QED) is 0.691. The molecule has 0 aromatic heterocycles. The first-order valence-electron chi connectivity index (χ1n) is 4.82. The van der Waals surface area contributed by atoms with Crippen molar-refractivity contribution in [1.29, 1.82) is 5.41 Å². The molecule has 0 saturated heterocycles. The summed E-state index contributed by atoms with van der Waals surface area (Å²) in [5, 5.41) is 8.89. The number of nitrogens with one attached hydrogen (secondary N) is 1. The van der Waals surface area contributed by atoms with Crippen LogP contribution in [0.4, 0.5) is 4.39 Å². The van der Waals surface area contributed by atoms with Gasteiger partial charge < -0.3 is 5.73 Å². The summed E-state index contributed by atoms with van der Waals surface area (Å²) in [5.41, 5.74) is 6.97. The Morgan fingerprint density at radius 2 is 2.00 bits per heavy atom. The van der Waals surface area contributed by atoms with Crippen LogP contribution in [0.1, 0.15) is 11.1 Å². The molecule has 2 aromatic carbocycles. The third kappa shape index (κ3) is 1.07. The zero-order chi connectivity index (χ0) is 11.3. The summed E-state index contributed by atoms with van der Waals surface area (Å²) >= 11 is 0. The molecule has 0 atom stereocenters. The summed E-state index contributed by atoms with van der Waals surface area (Å²) in [6.45, 7) is 0. The lowest BCUT2D eigenvalue weighted by Crippen LogP contribution is -2.10. The van der Waals surface area contributed by atoms with Crippen molar-refractivity contribution >= 4 is 22.4 Å². The molecule has 0 radical (unpaired) electrons. The van der Waals surface area contributed by atoms with E-state index in [1.165, 1.54) is 6.07 Å². The van der Waals surface area contributed by atoms with Crippen molar-refractivity contribution < 1.29 is 4.39 Å². The lowest BCUT2D eigenvalue weighted by Gasteiger charge is -2.04. The van der Waals surface area contributed by atoms with Gasteiger partial charge in [0.2, 0.25) is 0 Å². The van der Waals surface area contributed by atoms with Crippen molar-refractivity contribution in [1.82, 2.24) is 0 Å². The summed E-state index contributed by atoms with van der Waals surface area (Å²) < 4.78 is 13.5. The first-order valence-corrected chi connectivity index (χ1v) is 4.82. The minimum absolute atomic E-state index is 0.138. The molecular formula is C12H8FN3. The van der Waals surface area contributed by atoms with Gasteiger partial charge in [-0.25, -0.2) is 9.38 Å². The van der Waals surface area contributed by atoms with Crippen molar-refractivity contribution in [3.05, 3.63) is 47.3 Å². The van der Waals surface area contributed by atoms with E-state index in [9.17, 15) is 4.39 Å². The highest BCUT2D eigenvalue weighted by atomic mass is 19.1. The Hall–Kier alpha value is -2.23. The number of nitrogens with zero attached hydrogens (tertiary/aromatic N) is 1. The number of hydrogen-bond acceptors (Lipinski definition) is 2. The lowest BCUT2D eigenvalue weighted by atomic mass is 10.0. The smallest absolute Gasteiger partial charge is 0.154 e. The predicted octanol–water partition coefficient (Wildman–Crippen LogP) is 2.02. The fraction of sp³-hybridized carbons (Fsp3) is 0.